The van der Waals surface area contributed by atoms with Gasteiger partial charge in [0.1, 0.15) is 17.6 Å². The second-order valence-corrected chi connectivity index (χ2v) is 4.75. The Morgan fingerprint density at radius 3 is 2.81 bits per heavy atom. The number of ether oxygens (including phenoxy) is 1. The minimum atomic E-state index is -0.290. The summed E-state index contributed by atoms with van der Waals surface area (Å²) in [6, 6.07) is 6.14. The highest BCUT2D eigenvalue weighted by Crippen LogP contribution is 2.23. The summed E-state index contributed by atoms with van der Waals surface area (Å²) in [5.74, 6) is -0.458. The van der Waals surface area contributed by atoms with Gasteiger partial charge in [-0.2, -0.15) is 0 Å². The lowest BCUT2D eigenvalue weighted by Gasteiger charge is -2.33. The lowest BCUT2D eigenvalue weighted by atomic mass is 10.1. The van der Waals surface area contributed by atoms with Crippen molar-refractivity contribution in [2.75, 3.05) is 19.7 Å². The fourth-order valence-electron chi connectivity index (χ4n) is 2.28. The molecule has 0 bridgehead atoms. The molecular formula is C15H14FN3O2. The van der Waals surface area contributed by atoms with Crippen LogP contribution in [0.1, 0.15) is 22.2 Å². The number of benzene rings is 1. The van der Waals surface area contributed by atoms with Crippen molar-refractivity contribution in [3.63, 3.8) is 0 Å². The van der Waals surface area contributed by atoms with Crippen molar-refractivity contribution >= 4 is 5.91 Å². The Labute approximate surface area is 121 Å². The molecule has 0 aliphatic carbocycles. The quantitative estimate of drug-likeness (QED) is 0.845. The predicted octanol–water partition coefficient (Wildman–Crippen LogP) is 1.83. The van der Waals surface area contributed by atoms with Gasteiger partial charge in [-0.1, -0.05) is 12.1 Å². The van der Waals surface area contributed by atoms with Crippen molar-refractivity contribution in [2.45, 2.75) is 6.10 Å². The number of amides is 1. The van der Waals surface area contributed by atoms with E-state index in [0.717, 1.165) is 5.56 Å². The van der Waals surface area contributed by atoms with Crippen molar-refractivity contribution in [3.05, 3.63) is 59.9 Å². The lowest BCUT2D eigenvalue weighted by Crippen LogP contribution is -2.42. The number of carbonyl (C=O) groups is 1. The molecule has 1 aliphatic rings. The number of rotatable bonds is 2. The van der Waals surface area contributed by atoms with Gasteiger partial charge in [-0.15, -0.1) is 0 Å². The normalized spacial score (nSPS) is 18.5. The molecule has 0 N–H and O–H groups in total. The zero-order valence-electron chi connectivity index (χ0n) is 11.3. The summed E-state index contributed by atoms with van der Waals surface area (Å²) in [4.78, 5) is 21.9. The van der Waals surface area contributed by atoms with Gasteiger partial charge in [0.2, 0.25) is 0 Å². The van der Waals surface area contributed by atoms with Crippen molar-refractivity contribution in [3.8, 4) is 0 Å². The molecule has 1 fully saturated rings. The standard InChI is InChI=1S/C15H14FN3O2/c16-12-3-1-11(2-4-12)14-10-19(7-8-21-14)15(20)13-9-17-5-6-18-13/h1-6,9,14H,7-8,10H2. The van der Waals surface area contributed by atoms with E-state index in [1.54, 1.807) is 17.0 Å². The number of halogens is 1. The van der Waals surface area contributed by atoms with Gasteiger partial charge in [0.15, 0.2) is 0 Å². The Hall–Kier alpha value is -2.34. The monoisotopic (exact) mass is 287 g/mol. The molecule has 1 amide bonds. The highest BCUT2D eigenvalue weighted by atomic mass is 19.1. The summed E-state index contributed by atoms with van der Waals surface area (Å²) < 4.78 is 18.6. The van der Waals surface area contributed by atoms with Crippen LogP contribution in [0.25, 0.3) is 0 Å². The highest BCUT2D eigenvalue weighted by Gasteiger charge is 2.26. The topological polar surface area (TPSA) is 55.3 Å². The van der Waals surface area contributed by atoms with Gasteiger partial charge < -0.3 is 9.64 Å². The van der Waals surface area contributed by atoms with Crippen LogP contribution in [0.5, 0.6) is 0 Å². The number of nitrogens with zero attached hydrogens (tertiary/aromatic N) is 3. The van der Waals surface area contributed by atoms with Crippen LogP contribution in [0.15, 0.2) is 42.9 Å². The zero-order chi connectivity index (χ0) is 14.7. The first-order chi connectivity index (χ1) is 10.2. The van der Waals surface area contributed by atoms with Crippen LogP contribution < -0.4 is 0 Å². The molecular weight excluding hydrogens is 273 g/mol. The maximum atomic E-state index is 13.0. The molecule has 1 atom stereocenters. The average molecular weight is 287 g/mol. The molecule has 3 rings (SSSR count). The molecule has 1 aromatic carbocycles. The molecule has 0 spiro atoms. The Morgan fingerprint density at radius 2 is 2.10 bits per heavy atom. The van der Waals surface area contributed by atoms with Crippen molar-refractivity contribution in [2.24, 2.45) is 0 Å². The summed E-state index contributed by atoms with van der Waals surface area (Å²) in [6.07, 6.45) is 4.22. The van der Waals surface area contributed by atoms with E-state index in [0.29, 0.717) is 25.4 Å². The molecule has 108 valence electrons. The summed E-state index contributed by atoms with van der Waals surface area (Å²) in [5.41, 5.74) is 1.17. The van der Waals surface area contributed by atoms with E-state index in [-0.39, 0.29) is 17.8 Å². The fourth-order valence-corrected chi connectivity index (χ4v) is 2.28. The third kappa shape index (κ3) is 3.05. The van der Waals surface area contributed by atoms with Crippen molar-refractivity contribution < 1.29 is 13.9 Å². The number of carbonyl (C=O) groups excluding carboxylic acids is 1. The zero-order valence-corrected chi connectivity index (χ0v) is 11.3. The Morgan fingerprint density at radius 1 is 1.29 bits per heavy atom. The molecule has 1 saturated heterocycles. The molecule has 21 heavy (non-hydrogen) atoms. The van der Waals surface area contributed by atoms with E-state index >= 15 is 0 Å². The predicted molar refractivity (Wildman–Crippen MR) is 73.0 cm³/mol. The summed E-state index contributed by atoms with van der Waals surface area (Å²) in [5, 5.41) is 0. The molecule has 1 aliphatic heterocycles. The van der Waals surface area contributed by atoms with Gasteiger partial charge >= 0.3 is 0 Å². The second kappa shape index (κ2) is 5.97. The summed E-state index contributed by atoms with van der Waals surface area (Å²) >= 11 is 0. The molecule has 1 unspecified atom stereocenters. The first-order valence-corrected chi connectivity index (χ1v) is 6.66. The van der Waals surface area contributed by atoms with E-state index in [1.165, 1.54) is 30.7 Å². The minimum absolute atomic E-state index is 0.168. The van der Waals surface area contributed by atoms with Crippen LogP contribution in [0.3, 0.4) is 0 Å². The third-order valence-electron chi connectivity index (χ3n) is 3.38. The van der Waals surface area contributed by atoms with E-state index in [2.05, 4.69) is 9.97 Å². The van der Waals surface area contributed by atoms with Gasteiger partial charge in [0.05, 0.1) is 19.3 Å². The highest BCUT2D eigenvalue weighted by molar-refractivity contribution is 5.92. The van der Waals surface area contributed by atoms with E-state index in [9.17, 15) is 9.18 Å². The molecule has 1 aromatic heterocycles. The first-order valence-electron chi connectivity index (χ1n) is 6.66. The lowest BCUT2D eigenvalue weighted by molar-refractivity contribution is -0.0230. The molecule has 0 radical (unpaired) electrons. The summed E-state index contributed by atoms with van der Waals surface area (Å²) in [7, 11) is 0. The van der Waals surface area contributed by atoms with Crippen molar-refractivity contribution in [1.29, 1.82) is 0 Å². The van der Waals surface area contributed by atoms with Crippen LogP contribution >= 0.6 is 0 Å². The fraction of sp³-hybridized carbons (Fsp3) is 0.267. The van der Waals surface area contributed by atoms with E-state index in [1.807, 2.05) is 0 Å². The van der Waals surface area contributed by atoms with Gasteiger partial charge in [-0.3, -0.25) is 9.78 Å². The average Bonchev–Trinajstić information content (AvgIpc) is 2.56. The van der Waals surface area contributed by atoms with Crippen LogP contribution in [0.2, 0.25) is 0 Å². The van der Waals surface area contributed by atoms with Crippen LogP contribution in [-0.4, -0.2) is 40.5 Å². The number of morpholine rings is 1. The smallest absolute Gasteiger partial charge is 0.274 e. The maximum absolute atomic E-state index is 13.0. The van der Waals surface area contributed by atoms with Gasteiger partial charge in [0, 0.05) is 18.9 Å². The number of hydrogen-bond acceptors (Lipinski definition) is 4. The van der Waals surface area contributed by atoms with Crippen LogP contribution in [-0.2, 0) is 4.74 Å². The molecule has 6 heteroatoms. The van der Waals surface area contributed by atoms with E-state index < -0.39 is 0 Å². The second-order valence-electron chi connectivity index (χ2n) is 4.75. The molecule has 2 heterocycles. The minimum Gasteiger partial charge on any atom is -0.370 e. The molecule has 2 aromatic rings. The van der Waals surface area contributed by atoms with Gasteiger partial charge in [0.25, 0.3) is 5.91 Å². The number of aromatic nitrogens is 2. The number of hydrogen-bond donors (Lipinski definition) is 0. The van der Waals surface area contributed by atoms with Gasteiger partial charge in [-0.05, 0) is 17.7 Å². The SMILES string of the molecule is O=C(c1cnccn1)N1CCOC(c2ccc(F)cc2)C1. The first kappa shape index (κ1) is 13.6. The third-order valence-corrected chi connectivity index (χ3v) is 3.38. The Bertz CT molecular complexity index is 619. The Balaban J connectivity index is 1.74. The molecule has 5 nitrogen and oxygen atoms in total. The summed E-state index contributed by atoms with van der Waals surface area (Å²) in [6.45, 7) is 1.36. The van der Waals surface area contributed by atoms with Gasteiger partial charge in [-0.25, -0.2) is 9.37 Å². The maximum Gasteiger partial charge on any atom is 0.274 e. The van der Waals surface area contributed by atoms with Crippen molar-refractivity contribution in [1.82, 2.24) is 14.9 Å². The Kier molecular flexibility index (Phi) is 3.87. The molecule has 0 saturated carbocycles. The van der Waals surface area contributed by atoms with E-state index in [4.69, 9.17) is 4.74 Å². The largest absolute Gasteiger partial charge is 0.370 e. The van der Waals surface area contributed by atoms with Crippen LogP contribution in [0.4, 0.5) is 4.39 Å². The van der Waals surface area contributed by atoms with Crippen LogP contribution in [0, 0.1) is 5.82 Å².